The highest BCUT2D eigenvalue weighted by molar-refractivity contribution is 5.32. The Balaban J connectivity index is 1.74. The fraction of sp³-hybridized carbons (Fsp3) is 0.556. The number of benzene rings is 2. The molecule has 0 atom stereocenters. The van der Waals surface area contributed by atoms with Crippen LogP contribution in [0.1, 0.15) is 63.0 Å². The van der Waals surface area contributed by atoms with Crippen molar-refractivity contribution in [2.75, 3.05) is 26.2 Å². The molecule has 1 aliphatic rings. The highest BCUT2D eigenvalue weighted by Gasteiger charge is 2.24. The van der Waals surface area contributed by atoms with Gasteiger partial charge in [0, 0.05) is 19.0 Å². The van der Waals surface area contributed by atoms with Gasteiger partial charge in [-0.2, -0.15) is 0 Å². The lowest BCUT2D eigenvalue weighted by atomic mass is 9.81. The van der Waals surface area contributed by atoms with Crippen LogP contribution in [0, 0.1) is 17.8 Å². The molecular formula is C27H40N2. The average molecular weight is 393 g/mol. The SMILES string of the molecule is CC(C)CCN(CC1CCC(CN)CC1)CC(c1ccccc1)c1ccccc1. The molecule has 0 amide bonds. The van der Waals surface area contributed by atoms with Crippen molar-refractivity contribution >= 4 is 0 Å². The van der Waals surface area contributed by atoms with E-state index in [0.29, 0.717) is 5.92 Å². The Kier molecular flexibility index (Phi) is 8.76. The lowest BCUT2D eigenvalue weighted by molar-refractivity contribution is 0.172. The number of hydrogen-bond donors (Lipinski definition) is 1. The van der Waals surface area contributed by atoms with Crippen molar-refractivity contribution < 1.29 is 0 Å². The van der Waals surface area contributed by atoms with Gasteiger partial charge in [-0.25, -0.2) is 0 Å². The van der Waals surface area contributed by atoms with Crippen LogP contribution in [0.3, 0.4) is 0 Å². The molecule has 158 valence electrons. The Morgan fingerprint density at radius 3 is 1.83 bits per heavy atom. The number of rotatable bonds is 10. The highest BCUT2D eigenvalue weighted by atomic mass is 15.1. The predicted octanol–water partition coefficient (Wildman–Crippen LogP) is 5.93. The first-order valence-electron chi connectivity index (χ1n) is 11.7. The molecule has 0 spiro atoms. The monoisotopic (exact) mass is 392 g/mol. The van der Waals surface area contributed by atoms with Gasteiger partial charge in [0.1, 0.15) is 0 Å². The molecule has 2 N–H and O–H groups in total. The molecule has 0 saturated heterocycles. The molecule has 0 aliphatic heterocycles. The third kappa shape index (κ3) is 6.97. The maximum atomic E-state index is 5.92. The summed E-state index contributed by atoms with van der Waals surface area (Å²) in [6.45, 7) is 9.10. The third-order valence-corrected chi connectivity index (χ3v) is 6.68. The van der Waals surface area contributed by atoms with Gasteiger partial charge in [-0.15, -0.1) is 0 Å². The summed E-state index contributed by atoms with van der Waals surface area (Å²) in [7, 11) is 0. The van der Waals surface area contributed by atoms with Gasteiger partial charge in [0.15, 0.2) is 0 Å². The zero-order valence-electron chi connectivity index (χ0n) is 18.5. The van der Waals surface area contributed by atoms with Crippen LogP contribution in [-0.2, 0) is 0 Å². The Morgan fingerprint density at radius 2 is 1.34 bits per heavy atom. The zero-order valence-corrected chi connectivity index (χ0v) is 18.5. The average Bonchev–Trinajstić information content (AvgIpc) is 2.77. The standard InChI is InChI=1S/C27H40N2/c1-22(2)17-18-29(20-24-15-13-23(19-28)14-16-24)21-27(25-9-5-3-6-10-25)26-11-7-4-8-12-26/h3-12,22-24,27H,13-21,28H2,1-2H3. The minimum absolute atomic E-state index is 0.435. The lowest BCUT2D eigenvalue weighted by Crippen LogP contribution is -2.36. The van der Waals surface area contributed by atoms with Crippen LogP contribution in [0.5, 0.6) is 0 Å². The van der Waals surface area contributed by atoms with Crippen molar-refractivity contribution in [3.05, 3.63) is 71.8 Å². The Hall–Kier alpha value is -1.64. The minimum Gasteiger partial charge on any atom is -0.330 e. The molecule has 2 aromatic carbocycles. The van der Waals surface area contributed by atoms with Crippen LogP contribution in [0.15, 0.2) is 60.7 Å². The number of nitrogens with zero attached hydrogens (tertiary/aromatic N) is 1. The molecule has 0 unspecified atom stereocenters. The van der Waals surface area contributed by atoms with E-state index >= 15 is 0 Å². The summed E-state index contributed by atoms with van der Waals surface area (Å²) < 4.78 is 0. The fourth-order valence-corrected chi connectivity index (χ4v) is 4.74. The second-order valence-corrected chi connectivity index (χ2v) is 9.44. The van der Waals surface area contributed by atoms with E-state index in [1.807, 2.05) is 0 Å². The van der Waals surface area contributed by atoms with Gasteiger partial charge in [-0.1, -0.05) is 74.5 Å². The van der Waals surface area contributed by atoms with Crippen LogP contribution in [0.2, 0.25) is 0 Å². The van der Waals surface area contributed by atoms with Crippen LogP contribution in [0.4, 0.5) is 0 Å². The quantitative estimate of drug-likeness (QED) is 0.543. The Bertz CT molecular complexity index is 635. The highest BCUT2D eigenvalue weighted by Crippen LogP contribution is 2.31. The molecule has 3 rings (SSSR count). The Morgan fingerprint density at radius 1 is 0.828 bits per heavy atom. The van der Waals surface area contributed by atoms with Crippen LogP contribution in [0.25, 0.3) is 0 Å². The van der Waals surface area contributed by atoms with Gasteiger partial charge < -0.3 is 10.6 Å². The summed E-state index contributed by atoms with van der Waals surface area (Å²) in [5.74, 6) is 2.77. The smallest absolute Gasteiger partial charge is 0.0217 e. The molecule has 0 bridgehead atoms. The van der Waals surface area contributed by atoms with Gasteiger partial charge in [-0.3, -0.25) is 0 Å². The van der Waals surface area contributed by atoms with Gasteiger partial charge >= 0.3 is 0 Å². The van der Waals surface area contributed by atoms with Crippen molar-refractivity contribution in [2.45, 2.75) is 51.9 Å². The van der Waals surface area contributed by atoms with E-state index in [1.165, 1.54) is 56.3 Å². The fourth-order valence-electron chi connectivity index (χ4n) is 4.74. The van der Waals surface area contributed by atoms with Gasteiger partial charge in [0.25, 0.3) is 0 Å². The van der Waals surface area contributed by atoms with Gasteiger partial charge in [0.05, 0.1) is 0 Å². The predicted molar refractivity (Wildman–Crippen MR) is 125 cm³/mol. The van der Waals surface area contributed by atoms with Crippen molar-refractivity contribution in [3.63, 3.8) is 0 Å². The molecule has 2 nitrogen and oxygen atoms in total. The first kappa shape index (κ1) is 22.1. The Labute approximate surface area is 178 Å². The molecule has 0 aromatic heterocycles. The molecular weight excluding hydrogens is 352 g/mol. The third-order valence-electron chi connectivity index (χ3n) is 6.68. The van der Waals surface area contributed by atoms with Crippen molar-refractivity contribution in [1.82, 2.24) is 4.90 Å². The summed E-state index contributed by atoms with van der Waals surface area (Å²) >= 11 is 0. The molecule has 29 heavy (non-hydrogen) atoms. The summed E-state index contributed by atoms with van der Waals surface area (Å²) in [5, 5.41) is 0. The van der Waals surface area contributed by atoms with Crippen LogP contribution >= 0.6 is 0 Å². The first-order chi connectivity index (χ1) is 14.2. The summed E-state index contributed by atoms with van der Waals surface area (Å²) in [6.07, 6.45) is 6.61. The van der Waals surface area contributed by atoms with E-state index in [2.05, 4.69) is 79.4 Å². The van der Waals surface area contributed by atoms with E-state index in [4.69, 9.17) is 5.73 Å². The maximum Gasteiger partial charge on any atom is 0.0217 e. The molecule has 2 heteroatoms. The summed E-state index contributed by atoms with van der Waals surface area (Å²) in [6, 6.07) is 22.1. The van der Waals surface area contributed by atoms with Crippen molar-refractivity contribution in [2.24, 2.45) is 23.5 Å². The molecule has 0 radical (unpaired) electrons. The van der Waals surface area contributed by atoms with E-state index in [0.717, 1.165) is 30.8 Å². The molecule has 1 fully saturated rings. The summed E-state index contributed by atoms with van der Waals surface area (Å²) in [5.41, 5.74) is 8.78. The molecule has 2 aromatic rings. The van der Waals surface area contributed by atoms with Gasteiger partial charge in [0.2, 0.25) is 0 Å². The number of nitrogens with two attached hydrogens (primary N) is 1. The van der Waals surface area contributed by atoms with Crippen molar-refractivity contribution in [1.29, 1.82) is 0 Å². The number of hydrogen-bond acceptors (Lipinski definition) is 2. The van der Waals surface area contributed by atoms with Gasteiger partial charge in [-0.05, 0) is 74.1 Å². The first-order valence-corrected chi connectivity index (χ1v) is 11.7. The maximum absolute atomic E-state index is 5.92. The lowest BCUT2D eigenvalue weighted by Gasteiger charge is -2.35. The van der Waals surface area contributed by atoms with E-state index in [9.17, 15) is 0 Å². The van der Waals surface area contributed by atoms with Crippen molar-refractivity contribution in [3.8, 4) is 0 Å². The molecule has 1 aliphatic carbocycles. The second-order valence-electron chi connectivity index (χ2n) is 9.44. The minimum atomic E-state index is 0.435. The van der Waals surface area contributed by atoms with Crippen LogP contribution < -0.4 is 5.73 Å². The normalized spacial score (nSPS) is 19.9. The molecule has 1 saturated carbocycles. The van der Waals surface area contributed by atoms with E-state index < -0.39 is 0 Å². The van der Waals surface area contributed by atoms with Crippen LogP contribution in [-0.4, -0.2) is 31.1 Å². The zero-order chi connectivity index (χ0) is 20.5. The summed E-state index contributed by atoms with van der Waals surface area (Å²) in [4.78, 5) is 2.76. The largest absolute Gasteiger partial charge is 0.330 e. The van der Waals surface area contributed by atoms with E-state index in [-0.39, 0.29) is 0 Å². The second kappa shape index (κ2) is 11.5. The topological polar surface area (TPSA) is 29.3 Å². The molecule has 0 heterocycles. The van der Waals surface area contributed by atoms with E-state index in [1.54, 1.807) is 0 Å².